The Bertz CT molecular complexity index is 1530. The van der Waals surface area contributed by atoms with Gasteiger partial charge in [-0.2, -0.15) is 0 Å². The molecule has 1 amide bonds. The van der Waals surface area contributed by atoms with Crippen molar-refractivity contribution in [3.05, 3.63) is 84.1 Å². The number of rotatable bonds is 10. The zero-order valence-corrected chi connectivity index (χ0v) is 25.2. The van der Waals surface area contributed by atoms with Crippen LogP contribution >= 0.6 is 0 Å². The Morgan fingerprint density at radius 2 is 1.40 bits per heavy atom. The van der Waals surface area contributed by atoms with Crippen LogP contribution in [0.4, 0.5) is 11.5 Å². The first kappa shape index (κ1) is 29.5. The molecule has 1 aromatic heterocycles. The number of benzene rings is 3. The van der Waals surface area contributed by atoms with Crippen molar-refractivity contribution < 1.29 is 23.7 Å². The van der Waals surface area contributed by atoms with Gasteiger partial charge < -0.3 is 34.1 Å². The Hall–Kier alpha value is -4.99. The van der Waals surface area contributed by atoms with Crippen molar-refractivity contribution >= 4 is 17.4 Å². The lowest BCUT2D eigenvalue weighted by Crippen LogP contribution is -2.47. The summed E-state index contributed by atoms with van der Waals surface area (Å²) >= 11 is 0. The molecule has 10 nitrogen and oxygen atoms in total. The van der Waals surface area contributed by atoms with Crippen LogP contribution in [0.15, 0.2) is 72.9 Å². The fourth-order valence-corrected chi connectivity index (χ4v) is 5.27. The predicted octanol–water partition coefficient (Wildman–Crippen LogP) is 5.00. The van der Waals surface area contributed by atoms with E-state index in [1.54, 1.807) is 46.8 Å². The minimum Gasteiger partial charge on any atom is -0.495 e. The van der Waals surface area contributed by atoms with Crippen LogP contribution in [0.2, 0.25) is 0 Å². The van der Waals surface area contributed by atoms with Crippen LogP contribution < -0.4 is 34.1 Å². The minimum atomic E-state index is -0.241. The van der Waals surface area contributed by atoms with Gasteiger partial charge in [0.2, 0.25) is 5.75 Å². The fourth-order valence-electron chi connectivity index (χ4n) is 5.27. The largest absolute Gasteiger partial charge is 0.495 e. The van der Waals surface area contributed by atoms with Gasteiger partial charge in [0.25, 0.3) is 5.91 Å². The number of hydrogen-bond acceptors (Lipinski definition) is 9. The average Bonchev–Trinajstić information content (AvgIpc) is 3.07. The summed E-state index contributed by atoms with van der Waals surface area (Å²) in [5, 5.41) is 3.12. The first-order valence-corrected chi connectivity index (χ1v) is 14.1. The number of hydrogen-bond donors (Lipinski definition) is 1. The topological polar surface area (TPSA) is 98.3 Å². The zero-order chi connectivity index (χ0) is 30.3. The van der Waals surface area contributed by atoms with Gasteiger partial charge >= 0.3 is 0 Å². The number of nitrogens with one attached hydrogen (secondary N) is 1. The summed E-state index contributed by atoms with van der Waals surface area (Å²) in [6.45, 7) is 4.72. The molecule has 43 heavy (non-hydrogen) atoms. The molecule has 3 aromatic carbocycles. The third-order valence-electron chi connectivity index (χ3n) is 7.59. The standard InChI is InChI=1S/C33H37N5O5/c1-22(23-11-7-6-8-12-23)35-33(39)25-21-34-31(24-19-28(41-3)30(43-5)29(20-24)42-4)36-32(25)38-17-15-37(16-18-38)26-13-9-10-14-27(26)40-2/h6-14,19-22H,15-18H2,1-5H3,(H,35,39)/t22-/m1/s1. The molecule has 1 saturated heterocycles. The van der Waals surface area contributed by atoms with Crippen LogP contribution in [0, 0.1) is 0 Å². The summed E-state index contributed by atoms with van der Waals surface area (Å²) in [5.41, 5.74) is 3.13. The molecular weight excluding hydrogens is 546 g/mol. The molecular formula is C33H37N5O5. The van der Waals surface area contributed by atoms with E-state index in [-0.39, 0.29) is 11.9 Å². The normalized spacial score (nSPS) is 13.7. The van der Waals surface area contributed by atoms with Gasteiger partial charge in [0.1, 0.15) is 17.1 Å². The Morgan fingerprint density at radius 3 is 2.02 bits per heavy atom. The van der Waals surface area contributed by atoms with Gasteiger partial charge in [-0.3, -0.25) is 4.79 Å². The molecule has 224 valence electrons. The Morgan fingerprint density at radius 1 is 0.791 bits per heavy atom. The van der Waals surface area contributed by atoms with Gasteiger partial charge in [-0.25, -0.2) is 9.97 Å². The summed E-state index contributed by atoms with van der Waals surface area (Å²) in [5.74, 6) is 3.06. The lowest BCUT2D eigenvalue weighted by atomic mass is 10.1. The molecule has 1 aliphatic heterocycles. The highest BCUT2D eigenvalue weighted by Crippen LogP contribution is 2.41. The van der Waals surface area contributed by atoms with Crippen molar-refractivity contribution in [1.29, 1.82) is 0 Å². The van der Waals surface area contributed by atoms with E-state index in [4.69, 9.17) is 23.9 Å². The molecule has 0 aliphatic carbocycles. The first-order valence-electron chi connectivity index (χ1n) is 14.1. The molecule has 0 bridgehead atoms. The number of carbonyl (C=O) groups excluding carboxylic acids is 1. The summed E-state index contributed by atoms with van der Waals surface area (Å²) in [7, 11) is 6.37. The average molecular weight is 584 g/mol. The maximum atomic E-state index is 13.7. The first-order chi connectivity index (χ1) is 21.0. The molecule has 1 N–H and O–H groups in total. The van der Waals surface area contributed by atoms with Crippen LogP contribution in [0.1, 0.15) is 28.9 Å². The van der Waals surface area contributed by atoms with E-state index in [1.807, 2.05) is 55.5 Å². The van der Waals surface area contributed by atoms with Crippen molar-refractivity contribution in [3.63, 3.8) is 0 Å². The van der Waals surface area contributed by atoms with Gasteiger partial charge in [0.15, 0.2) is 17.3 Å². The van der Waals surface area contributed by atoms with Crippen molar-refractivity contribution in [2.45, 2.75) is 13.0 Å². The maximum Gasteiger partial charge on any atom is 0.257 e. The van der Waals surface area contributed by atoms with Crippen molar-refractivity contribution in [3.8, 4) is 34.4 Å². The number of piperazine rings is 1. The lowest BCUT2D eigenvalue weighted by molar-refractivity contribution is 0.0939. The van der Waals surface area contributed by atoms with E-state index in [1.165, 1.54) is 0 Å². The molecule has 4 aromatic rings. The van der Waals surface area contributed by atoms with E-state index in [0.29, 0.717) is 53.1 Å². The van der Waals surface area contributed by atoms with Crippen LogP contribution in [0.25, 0.3) is 11.4 Å². The third-order valence-corrected chi connectivity index (χ3v) is 7.59. The quantitative estimate of drug-likeness (QED) is 0.277. The molecule has 0 radical (unpaired) electrons. The Balaban J connectivity index is 1.49. The zero-order valence-electron chi connectivity index (χ0n) is 25.2. The SMILES string of the molecule is COc1ccccc1N1CCN(c2nc(-c3cc(OC)c(OC)c(OC)c3)ncc2C(=O)N[C@H](C)c2ccccc2)CC1. The van der Waals surface area contributed by atoms with E-state index in [0.717, 1.165) is 30.1 Å². The summed E-state index contributed by atoms with van der Waals surface area (Å²) in [6, 6.07) is 21.3. The highest BCUT2D eigenvalue weighted by atomic mass is 16.5. The van der Waals surface area contributed by atoms with Crippen LogP contribution in [0.5, 0.6) is 23.0 Å². The van der Waals surface area contributed by atoms with E-state index in [9.17, 15) is 4.79 Å². The van der Waals surface area contributed by atoms with E-state index < -0.39 is 0 Å². The highest BCUT2D eigenvalue weighted by molar-refractivity contribution is 5.99. The van der Waals surface area contributed by atoms with Crippen LogP contribution in [-0.4, -0.2) is 70.5 Å². The summed E-state index contributed by atoms with van der Waals surface area (Å²) in [6.07, 6.45) is 1.60. The minimum absolute atomic E-state index is 0.196. The Labute approximate surface area is 252 Å². The van der Waals surface area contributed by atoms with Crippen molar-refractivity contribution in [1.82, 2.24) is 15.3 Å². The number of aromatic nitrogens is 2. The fraction of sp³-hybridized carbons (Fsp3) is 0.303. The molecule has 1 aliphatic rings. The van der Waals surface area contributed by atoms with E-state index >= 15 is 0 Å². The predicted molar refractivity (Wildman–Crippen MR) is 167 cm³/mol. The number of methoxy groups -OCH3 is 4. The molecule has 0 spiro atoms. The van der Waals surface area contributed by atoms with Gasteiger partial charge in [-0.1, -0.05) is 42.5 Å². The molecule has 0 saturated carbocycles. The highest BCUT2D eigenvalue weighted by Gasteiger charge is 2.27. The van der Waals surface area contributed by atoms with Crippen molar-refractivity contribution in [2.75, 3.05) is 64.4 Å². The second kappa shape index (κ2) is 13.3. The third kappa shape index (κ3) is 6.28. The number of nitrogens with zero attached hydrogens (tertiary/aromatic N) is 4. The van der Waals surface area contributed by atoms with Gasteiger partial charge in [0.05, 0.1) is 40.2 Å². The van der Waals surface area contributed by atoms with Crippen LogP contribution in [-0.2, 0) is 0 Å². The monoisotopic (exact) mass is 583 g/mol. The molecule has 5 rings (SSSR count). The van der Waals surface area contributed by atoms with Gasteiger partial charge in [-0.05, 0) is 36.8 Å². The molecule has 2 heterocycles. The van der Waals surface area contributed by atoms with Gasteiger partial charge in [0, 0.05) is 37.9 Å². The van der Waals surface area contributed by atoms with E-state index in [2.05, 4.69) is 26.2 Å². The molecule has 10 heteroatoms. The summed E-state index contributed by atoms with van der Waals surface area (Å²) < 4.78 is 22.2. The number of anilines is 2. The van der Waals surface area contributed by atoms with Crippen molar-refractivity contribution in [2.24, 2.45) is 0 Å². The lowest BCUT2D eigenvalue weighted by Gasteiger charge is -2.37. The smallest absolute Gasteiger partial charge is 0.257 e. The molecule has 1 fully saturated rings. The second-order valence-corrected chi connectivity index (χ2v) is 10.1. The maximum absolute atomic E-state index is 13.7. The van der Waals surface area contributed by atoms with Crippen LogP contribution in [0.3, 0.4) is 0 Å². The Kier molecular flexibility index (Phi) is 9.14. The molecule has 0 unspecified atom stereocenters. The van der Waals surface area contributed by atoms with Gasteiger partial charge in [-0.15, -0.1) is 0 Å². The number of amides is 1. The number of para-hydroxylation sites is 2. The number of carbonyl (C=O) groups is 1. The second-order valence-electron chi connectivity index (χ2n) is 10.1. The number of ether oxygens (including phenoxy) is 4. The molecule has 1 atom stereocenters. The summed E-state index contributed by atoms with van der Waals surface area (Å²) in [4.78, 5) is 27.7.